The molecule has 0 aliphatic heterocycles. The van der Waals surface area contributed by atoms with Gasteiger partial charge in [0, 0.05) is 16.5 Å². The Balaban J connectivity index is 3.02. The topological polar surface area (TPSA) is 43.4 Å². The van der Waals surface area contributed by atoms with Crippen LogP contribution in [0.5, 0.6) is 0 Å². The number of hydrogen-bond acceptors (Lipinski definition) is 3. The SMILES string of the molecule is COC(=O)C(=O)Cc1c(F)ccc(C)c1Br. The Kier molecular flexibility index (Phi) is 4.18. The highest BCUT2D eigenvalue weighted by Gasteiger charge is 2.19. The lowest BCUT2D eigenvalue weighted by Crippen LogP contribution is -2.18. The molecular weight excluding hydrogens is 279 g/mol. The lowest BCUT2D eigenvalue weighted by Gasteiger charge is -2.07. The van der Waals surface area contributed by atoms with Crippen LogP contribution in [0.3, 0.4) is 0 Å². The number of ether oxygens (including phenoxy) is 1. The molecule has 0 aliphatic carbocycles. The number of carbonyl (C=O) groups excluding carboxylic acids is 2. The van der Waals surface area contributed by atoms with Crippen molar-refractivity contribution in [2.24, 2.45) is 0 Å². The molecule has 0 N–H and O–H groups in total. The number of rotatable bonds is 3. The van der Waals surface area contributed by atoms with E-state index in [1.807, 2.05) is 0 Å². The number of halogens is 2. The Hall–Kier alpha value is -1.23. The van der Waals surface area contributed by atoms with Gasteiger partial charge in [-0.25, -0.2) is 9.18 Å². The highest BCUT2D eigenvalue weighted by molar-refractivity contribution is 9.10. The van der Waals surface area contributed by atoms with Crippen LogP contribution in [0.15, 0.2) is 16.6 Å². The summed E-state index contributed by atoms with van der Waals surface area (Å²) in [6.07, 6.45) is -0.305. The standard InChI is InChI=1S/C11H10BrFO3/c1-6-3-4-8(13)7(10(6)12)5-9(14)11(15)16-2/h3-4H,5H2,1-2H3. The van der Waals surface area contributed by atoms with Gasteiger partial charge in [0.1, 0.15) is 5.82 Å². The molecule has 5 heteroatoms. The summed E-state index contributed by atoms with van der Waals surface area (Å²) in [6, 6.07) is 2.85. The highest BCUT2D eigenvalue weighted by Crippen LogP contribution is 2.24. The average Bonchev–Trinajstić information content (AvgIpc) is 2.28. The van der Waals surface area contributed by atoms with Crippen LogP contribution < -0.4 is 0 Å². The molecule has 1 aromatic carbocycles. The molecule has 0 spiro atoms. The molecule has 0 heterocycles. The van der Waals surface area contributed by atoms with Crippen LogP contribution in [0, 0.1) is 12.7 Å². The van der Waals surface area contributed by atoms with Crippen LogP contribution in [0.2, 0.25) is 0 Å². The van der Waals surface area contributed by atoms with E-state index in [1.165, 1.54) is 6.07 Å². The molecule has 0 atom stereocenters. The monoisotopic (exact) mass is 288 g/mol. The van der Waals surface area contributed by atoms with Gasteiger partial charge in [0.05, 0.1) is 7.11 Å². The number of aryl methyl sites for hydroxylation is 1. The Morgan fingerprint density at radius 2 is 2.06 bits per heavy atom. The van der Waals surface area contributed by atoms with Crippen LogP contribution >= 0.6 is 15.9 Å². The maximum atomic E-state index is 13.4. The van der Waals surface area contributed by atoms with Crippen molar-refractivity contribution >= 4 is 27.7 Å². The fraction of sp³-hybridized carbons (Fsp3) is 0.273. The summed E-state index contributed by atoms with van der Waals surface area (Å²) in [7, 11) is 1.11. The molecule has 1 rings (SSSR count). The molecular formula is C11H10BrFO3. The summed E-state index contributed by atoms with van der Waals surface area (Å²) in [6.45, 7) is 1.77. The number of ketones is 1. The molecule has 0 radical (unpaired) electrons. The second-order valence-electron chi connectivity index (χ2n) is 3.25. The van der Waals surface area contributed by atoms with Gasteiger partial charge in [-0.05, 0) is 18.6 Å². The fourth-order valence-corrected chi connectivity index (χ4v) is 1.69. The van der Waals surface area contributed by atoms with Gasteiger partial charge in [0.2, 0.25) is 5.78 Å². The largest absolute Gasteiger partial charge is 0.463 e. The summed E-state index contributed by atoms with van der Waals surface area (Å²) in [5.41, 5.74) is 0.976. The molecule has 1 aromatic rings. The molecule has 0 aromatic heterocycles. The van der Waals surface area contributed by atoms with Crippen LogP contribution in [0.1, 0.15) is 11.1 Å². The predicted molar refractivity (Wildman–Crippen MR) is 59.6 cm³/mol. The van der Waals surface area contributed by atoms with E-state index in [0.29, 0.717) is 4.47 Å². The third-order valence-electron chi connectivity index (χ3n) is 2.13. The highest BCUT2D eigenvalue weighted by atomic mass is 79.9. The second kappa shape index (κ2) is 5.21. The lowest BCUT2D eigenvalue weighted by molar-refractivity contribution is -0.151. The van der Waals surface area contributed by atoms with E-state index in [-0.39, 0.29) is 12.0 Å². The lowest BCUT2D eigenvalue weighted by atomic mass is 10.1. The Bertz CT molecular complexity index is 443. The summed E-state index contributed by atoms with van der Waals surface area (Å²) in [4.78, 5) is 22.2. The van der Waals surface area contributed by atoms with Gasteiger partial charge < -0.3 is 4.74 Å². The van der Waals surface area contributed by atoms with E-state index in [4.69, 9.17) is 0 Å². The number of methoxy groups -OCH3 is 1. The molecule has 0 saturated heterocycles. The van der Waals surface area contributed by atoms with E-state index >= 15 is 0 Å². The molecule has 3 nitrogen and oxygen atoms in total. The normalized spacial score (nSPS) is 10.0. The first-order chi connectivity index (χ1) is 7.47. The molecule has 0 saturated carbocycles. The van der Waals surface area contributed by atoms with E-state index in [9.17, 15) is 14.0 Å². The first kappa shape index (κ1) is 12.8. The maximum absolute atomic E-state index is 13.4. The van der Waals surface area contributed by atoms with Crippen LogP contribution in [-0.2, 0) is 20.7 Å². The molecule has 0 bridgehead atoms. The average molecular weight is 289 g/mol. The van der Waals surface area contributed by atoms with Crippen molar-refractivity contribution in [1.29, 1.82) is 0 Å². The van der Waals surface area contributed by atoms with Crippen molar-refractivity contribution in [2.75, 3.05) is 7.11 Å². The van der Waals surface area contributed by atoms with Gasteiger partial charge in [-0.3, -0.25) is 4.79 Å². The number of esters is 1. The van der Waals surface area contributed by atoms with E-state index in [0.717, 1.165) is 12.7 Å². The molecule has 0 amide bonds. The molecule has 0 fully saturated rings. The Morgan fingerprint density at radius 3 is 2.62 bits per heavy atom. The molecule has 0 aliphatic rings. The van der Waals surface area contributed by atoms with Gasteiger partial charge in [-0.1, -0.05) is 22.0 Å². The summed E-state index contributed by atoms with van der Waals surface area (Å²) in [5.74, 6) is -2.25. The zero-order valence-corrected chi connectivity index (χ0v) is 10.4. The van der Waals surface area contributed by atoms with Gasteiger partial charge >= 0.3 is 5.97 Å². The summed E-state index contributed by atoms with van der Waals surface area (Å²) >= 11 is 3.19. The smallest absolute Gasteiger partial charge is 0.374 e. The van der Waals surface area contributed by atoms with E-state index in [2.05, 4.69) is 20.7 Å². The van der Waals surface area contributed by atoms with Crippen LogP contribution in [0.4, 0.5) is 4.39 Å². The first-order valence-electron chi connectivity index (χ1n) is 4.52. The fourth-order valence-electron chi connectivity index (χ4n) is 1.22. The van der Waals surface area contributed by atoms with Crippen molar-refractivity contribution in [1.82, 2.24) is 0 Å². The van der Waals surface area contributed by atoms with Crippen LogP contribution in [0.25, 0.3) is 0 Å². The Labute approximate surface area is 101 Å². The van der Waals surface area contributed by atoms with Crippen molar-refractivity contribution in [3.63, 3.8) is 0 Å². The van der Waals surface area contributed by atoms with Crippen molar-refractivity contribution in [3.8, 4) is 0 Å². The van der Waals surface area contributed by atoms with Crippen LogP contribution in [-0.4, -0.2) is 18.9 Å². The predicted octanol–water partition coefficient (Wildman–Crippen LogP) is 2.18. The van der Waals surface area contributed by atoms with Gasteiger partial charge in [0.25, 0.3) is 0 Å². The molecule has 86 valence electrons. The maximum Gasteiger partial charge on any atom is 0.374 e. The number of hydrogen-bond donors (Lipinski definition) is 0. The molecule has 0 unspecified atom stereocenters. The third kappa shape index (κ3) is 2.66. The van der Waals surface area contributed by atoms with E-state index in [1.54, 1.807) is 13.0 Å². The number of benzene rings is 1. The van der Waals surface area contributed by atoms with E-state index < -0.39 is 17.6 Å². The zero-order chi connectivity index (χ0) is 12.3. The van der Waals surface area contributed by atoms with Crippen molar-refractivity contribution in [3.05, 3.63) is 33.5 Å². The Morgan fingerprint density at radius 1 is 1.44 bits per heavy atom. The molecule has 16 heavy (non-hydrogen) atoms. The summed E-state index contributed by atoms with van der Waals surface area (Å²) < 4.78 is 18.2. The minimum atomic E-state index is -0.965. The number of carbonyl (C=O) groups is 2. The minimum Gasteiger partial charge on any atom is -0.463 e. The number of Topliss-reactive ketones (excluding diaryl/α,β-unsaturated/α-hetero) is 1. The van der Waals surface area contributed by atoms with Gasteiger partial charge in [-0.15, -0.1) is 0 Å². The summed E-state index contributed by atoms with van der Waals surface area (Å²) in [5, 5.41) is 0. The van der Waals surface area contributed by atoms with Gasteiger partial charge in [0.15, 0.2) is 0 Å². The van der Waals surface area contributed by atoms with Crippen molar-refractivity contribution < 1.29 is 18.7 Å². The van der Waals surface area contributed by atoms with Gasteiger partial charge in [-0.2, -0.15) is 0 Å². The minimum absolute atomic E-state index is 0.176. The van der Waals surface area contributed by atoms with Crippen molar-refractivity contribution in [2.45, 2.75) is 13.3 Å². The second-order valence-corrected chi connectivity index (χ2v) is 4.04. The third-order valence-corrected chi connectivity index (χ3v) is 3.23. The zero-order valence-electron chi connectivity index (χ0n) is 8.84. The quantitative estimate of drug-likeness (QED) is 0.633. The first-order valence-corrected chi connectivity index (χ1v) is 5.31.